The molecule has 1 aromatic carbocycles. The SMILES string of the molecule is CC(CN)C(=O)Nc1ccc(I)cc1. The molecule has 0 saturated heterocycles. The van der Waals surface area contributed by atoms with E-state index in [0.717, 1.165) is 9.26 Å². The number of carbonyl (C=O) groups is 1. The Morgan fingerprint density at radius 1 is 1.50 bits per heavy atom. The van der Waals surface area contributed by atoms with Gasteiger partial charge in [0.2, 0.25) is 5.91 Å². The Labute approximate surface area is 97.2 Å². The van der Waals surface area contributed by atoms with Gasteiger partial charge in [-0.1, -0.05) is 6.92 Å². The van der Waals surface area contributed by atoms with Gasteiger partial charge in [-0.25, -0.2) is 0 Å². The van der Waals surface area contributed by atoms with Crippen molar-refractivity contribution in [1.82, 2.24) is 0 Å². The minimum absolute atomic E-state index is 0.0336. The second kappa shape index (κ2) is 5.31. The van der Waals surface area contributed by atoms with E-state index in [9.17, 15) is 4.79 Å². The zero-order chi connectivity index (χ0) is 10.6. The molecule has 1 atom stereocenters. The van der Waals surface area contributed by atoms with Crippen molar-refractivity contribution in [3.63, 3.8) is 0 Å². The number of halogens is 1. The number of nitrogens with one attached hydrogen (secondary N) is 1. The second-order valence-corrected chi connectivity index (χ2v) is 4.38. The minimum atomic E-state index is -0.144. The van der Waals surface area contributed by atoms with Gasteiger partial charge in [0.05, 0.1) is 0 Å². The lowest BCUT2D eigenvalue weighted by molar-refractivity contribution is -0.119. The third kappa shape index (κ3) is 3.26. The molecule has 76 valence electrons. The first-order valence-electron chi connectivity index (χ1n) is 4.40. The summed E-state index contributed by atoms with van der Waals surface area (Å²) in [6, 6.07) is 7.65. The summed E-state index contributed by atoms with van der Waals surface area (Å²) in [6.07, 6.45) is 0. The van der Waals surface area contributed by atoms with E-state index in [4.69, 9.17) is 5.73 Å². The largest absolute Gasteiger partial charge is 0.330 e. The van der Waals surface area contributed by atoms with Crippen LogP contribution in [0.5, 0.6) is 0 Å². The average molecular weight is 304 g/mol. The molecule has 0 aliphatic heterocycles. The Morgan fingerprint density at radius 3 is 2.57 bits per heavy atom. The molecule has 0 saturated carbocycles. The summed E-state index contributed by atoms with van der Waals surface area (Å²) in [5.41, 5.74) is 6.20. The van der Waals surface area contributed by atoms with Crippen LogP contribution in [0, 0.1) is 9.49 Å². The van der Waals surface area contributed by atoms with Crippen molar-refractivity contribution < 1.29 is 4.79 Å². The van der Waals surface area contributed by atoms with Gasteiger partial charge in [-0.2, -0.15) is 0 Å². The molecule has 0 aliphatic rings. The van der Waals surface area contributed by atoms with Gasteiger partial charge < -0.3 is 11.1 Å². The number of rotatable bonds is 3. The molecule has 3 nitrogen and oxygen atoms in total. The molecular weight excluding hydrogens is 291 g/mol. The minimum Gasteiger partial charge on any atom is -0.330 e. The fourth-order valence-electron chi connectivity index (χ4n) is 0.906. The van der Waals surface area contributed by atoms with Crippen LogP contribution in [0.1, 0.15) is 6.92 Å². The number of benzene rings is 1. The number of nitrogens with two attached hydrogens (primary N) is 1. The van der Waals surface area contributed by atoms with Gasteiger partial charge in [-0.05, 0) is 46.9 Å². The molecule has 0 fully saturated rings. The monoisotopic (exact) mass is 304 g/mol. The van der Waals surface area contributed by atoms with Crippen molar-refractivity contribution in [3.8, 4) is 0 Å². The van der Waals surface area contributed by atoms with Crippen molar-refractivity contribution in [1.29, 1.82) is 0 Å². The third-order valence-electron chi connectivity index (χ3n) is 1.91. The van der Waals surface area contributed by atoms with Crippen LogP contribution in [0.4, 0.5) is 5.69 Å². The number of carbonyl (C=O) groups excluding carboxylic acids is 1. The molecule has 1 unspecified atom stereocenters. The second-order valence-electron chi connectivity index (χ2n) is 3.13. The molecule has 3 N–H and O–H groups in total. The topological polar surface area (TPSA) is 55.1 Å². The Kier molecular flexibility index (Phi) is 4.34. The highest BCUT2D eigenvalue weighted by Gasteiger charge is 2.10. The Balaban J connectivity index is 2.60. The molecule has 0 aliphatic carbocycles. The molecule has 1 rings (SSSR count). The predicted octanol–water partition coefficient (Wildman–Crippen LogP) is 1.82. The van der Waals surface area contributed by atoms with Crippen molar-refractivity contribution in [2.75, 3.05) is 11.9 Å². The highest BCUT2D eigenvalue weighted by molar-refractivity contribution is 14.1. The lowest BCUT2D eigenvalue weighted by Gasteiger charge is -2.09. The predicted molar refractivity (Wildman–Crippen MR) is 66.0 cm³/mol. The summed E-state index contributed by atoms with van der Waals surface area (Å²) in [6.45, 7) is 2.18. The van der Waals surface area contributed by atoms with Crippen molar-refractivity contribution >= 4 is 34.2 Å². The van der Waals surface area contributed by atoms with Gasteiger partial charge in [0, 0.05) is 21.7 Å². The number of anilines is 1. The lowest BCUT2D eigenvalue weighted by atomic mass is 10.1. The first-order chi connectivity index (χ1) is 6.63. The van der Waals surface area contributed by atoms with E-state index >= 15 is 0 Å². The third-order valence-corrected chi connectivity index (χ3v) is 2.63. The highest BCUT2D eigenvalue weighted by atomic mass is 127. The van der Waals surface area contributed by atoms with Crippen molar-refractivity contribution in [2.45, 2.75) is 6.92 Å². The van der Waals surface area contributed by atoms with Crippen molar-refractivity contribution in [3.05, 3.63) is 27.8 Å². The molecule has 0 spiro atoms. The van der Waals surface area contributed by atoms with Gasteiger partial charge in [-0.15, -0.1) is 0 Å². The summed E-state index contributed by atoms with van der Waals surface area (Å²) < 4.78 is 1.15. The standard InChI is InChI=1S/C10H13IN2O/c1-7(6-12)10(14)13-9-4-2-8(11)3-5-9/h2-5,7H,6,12H2,1H3,(H,13,14). The summed E-state index contributed by atoms with van der Waals surface area (Å²) in [4.78, 5) is 11.4. The summed E-state index contributed by atoms with van der Waals surface area (Å²) in [5.74, 6) is -0.178. The van der Waals surface area contributed by atoms with Crippen LogP contribution in [-0.4, -0.2) is 12.5 Å². The number of amides is 1. The molecule has 0 aromatic heterocycles. The van der Waals surface area contributed by atoms with Gasteiger partial charge in [-0.3, -0.25) is 4.79 Å². The zero-order valence-electron chi connectivity index (χ0n) is 7.96. The lowest BCUT2D eigenvalue weighted by Crippen LogP contribution is -2.26. The maximum Gasteiger partial charge on any atom is 0.228 e. The van der Waals surface area contributed by atoms with Gasteiger partial charge >= 0.3 is 0 Å². The molecular formula is C10H13IN2O. The summed E-state index contributed by atoms with van der Waals surface area (Å²) in [5, 5.41) is 2.80. The quantitative estimate of drug-likeness (QED) is 0.837. The fourth-order valence-corrected chi connectivity index (χ4v) is 1.27. The fraction of sp³-hybridized carbons (Fsp3) is 0.300. The Bertz CT molecular complexity index is 310. The molecule has 1 amide bonds. The average Bonchev–Trinajstić information content (AvgIpc) is 2.20. The summed E-state index contributed by atoms with van der Waals surface area (Å²) >= 11 is 2.22. The Morgan fingerprint density at radius 2 is 2.07 bits per heavy atom. The molecule has 1 aromatic rings. The van der Waals surface area contributed by atoms with E-state index in [2.05, 4.69) is 27.9 Å². The normalized spacial score (nSPS) is 12.2. The molecule has 0 heterocycles. The first kappa shape index (κ1) is 11.5. The van der Waals surface area contributed by atoms with E-state index in [1.165, 1.54) is 0 Å². The van der Waals surface area contributed by atoms with E-state index in [1.54, 1.807) is 0 Å². The highest BCUT2D eigenvalue weighted by Crippen LogP contribution is 2.11. The van der Waals surface area contributed by atoms with Gasteiger partial charge in [0.25, 0.3) is 0 Å². The van der Waals surface area contributed by atoms with Crippen LogP contribution in [-0.2, 0) is 4.79 Å². The van der Waals surface area contributed by atoms with Crippen LogP contribution < -0.4 is 11.1 Å². The van der Waals surface area contributed by atoms with E-state index in [0.29, 0.717) is 6.54 Å². The molecule has 14 heavy (non-hydrogen) atoms. The van der Waals surface area contributed by atoms with Gasteiger partial charge in [0.15, 0.2) is 0 Å². The zero-order valence-corrected chi connectivity index (χ0v) is 10.1. The van der Waals surface area contributed by atoms with E-state index in [-0.39, 0.29) is 11.8 Å². The Hall–Kier alpha value is -0.620. The number of hydrogen-bond acceptors (Lipinski definition) is 2. The van der Waals surface area contributed by atoms with Crippen LogP contribution in [0.15, 0.2) is 24.3 Å². The van der Waals surface area contributed by atoms with E-state index in [1.807, 2.05) is 31.2 Å². The van der Waals surface area contributed by atoms with Crippen LogP contribution in [0.2, 0.25) is 0 Å². The molecule has 0 bridgehead atoms. The van der Waals surface area contributed by atoms with Crippen LogP contribution in [0.3, 0.4) is 0 Å². The van der Waals surface area contributed by atoms with Crippen molar-refractivity contribution in [2.24, 2.45) is 11.7 Å². The molecule has 4 heteroatoms. The van der Waals surface area contributed by atoms with E-state index < -0.39 is 0 Å². The summed E-state index contributed by atoms with van der Waals surface area (Å²) in [7, 11) is 0. The maximum absolute atomic E-state index is 11.4. The first-order valence-corrected chi connectivity index (χ1v) is 5.48. The number of hydrogen-bond donors (Lipinski definition) is 2. The van der Waals surface area contributed by atoms with Gasteiger partial charge in [0.1, 0.15) is 0 Å². The van der Waals surface area contributed by atoms with Crippen LogP contribution in [0.25, 0.3) is 0 Å². The maximum atomic E-state index is 11.4. The molecule has 0 radical (unpaired) electrons. The van der Waals surface area contributed by atoms with Crippen LogP contribution >= 0.6 is 22.6 Å². The smallest absolute Gasteiger partial charge is 0.228 e.